The van der Waals surface area contributed by atoms with Crippen molar-refractivity contribution in [2.75, 3.05) is 0 Å². The van der Waals surface area contributed by atoms with Crippen LogP contribution in [0.15, 0.2) is 24.5 Å². The van der Waals surface area contributed by atoms with E-state index in [9.17, 15) is 13.2 Å². The maximum Gasteiger partial charge on any atom is 0.416 e. The molecule has 0 fully saturated rings. The Kier molecular flexibility index (Phi) is 3.06. The molecule has 0 amide bonds. The Morgan fingerprint density at radius 1 is 1.26 bits per heavy atom. The molecule has 0 aliphatic carbocycles. The molecule has 19 heavy (non-hydrogen) atoms. The first-order chi connectivity index (χ1) is 8.84. The van der Waals surface area contributed by atoms with Crippen LogP contribution in [-0.2, 0) is 6.18 Å². The average Bonchev–Trinajstić information content (AvgIpc) is 2.68. The van der Waals surface area contributed by atoms with Crippen molar-refractivity contribution < 1.29 is 13.2 Å². The van der Waals surface area contributed by atoms with Crippen molar-refractivity contribution in [3.8, 4) is 11.8 Å². The highest BCUT2D eigenvalue weighted by molar-refractivity contribution is 5.52. The lowest BCUT2D eigenvalue weighted by Crippen LogP contribution is -2.07. The van der Waals surface area contributed by atoms with Gasteiger partial charge in [0.2, 0.25) is 0 Å². The van der Waals surface area contributed by atoms with Gasteiger partial charge in [-0.15, -0.1) is 0 Å². The normalized spacial score (nSPS) is 11.4. The Hall–Kier alpha value is -2.29. The first kappa shape index (κ1) is 13.1. The molecule has 2 aromatic rings. The fourth-order valence-corrected chi connectivity index (χ4v) is 1.75. The van der Waals surface area contributed by atoms with Gasteiger partial charge in [-0.05, 0) is 32.0 Å². The van der Waals surface area contributed by atoms with Gasteiger partial charge >= 0.3 is 6.18 Å². The first-order valence-corrected chi connectivity index (χ1v) is 5.47. The van der Waals surface area contributed by atoms with Gasteiger partial charge in [-0.25, -0.2) is 4.98 Å². The standard InChI is InChI=1S/C13H10F3N3/c1-8-9(2)19(7-18-8)12-4-3-11(13(14,15)16)5-10(12)6-17/h3-5,7H,1-2H3. The van der Waals surface area contributed by atoms with Gasteiger partial charge in [0.1, 0.15) is 6.07 Å². The molecule has 2 rings (SSSR count). The number of hydrogen-bond donors (Lipinski definition) is 0. The molecule has 0 unspecified atom stereocenters. The van der Waals surface area contributed by atoms with Crippen molar-refractivity contribution in [1.82, 2.24) is 9.55 Å². The van der Waals surface area contributed by atoms with Gasteiger partial charge in [0.15, 0.2) is 0 Å². The SMILES string of the molecule is Cc1ncn(-c2ccc(C(F)(F)F)cc2C#N)c1C. The highest BCUT2D eigenvalue weighted by Crippen LogP contribution is 2.31. The first-order valence-electron chi connectivity index (χ1n) is 5.47. The van der Waals surface area contributed by atoms with E-state index in [4.69, 9.17) is 5.26 Å². The van der Waals surface area contributed by atoms with Crippen molar-refractivity contribution in [3.05, 3.63) is 47.0 Å². The van der Waals surface area contributed by atoms with Gasteiger partial charge in [0.25, 0.3) is 0 Å². The van der Waals surface area contributed by atoms with Crippen LogP contribution in [-0.4, -0.2) is 9.55 Å². The number of halogens is 3. The number of nitrogens with zero attached hydrogens (tertiary/aromatic N) is 3. The molecule has 0 aliphatic rings. The summed E-state index contributed by atoms with van der Waals surface area (Å²) in [6, 6.07) is 4.90. The summed E-state index contributed by atoms with van der Waals surface area (Å²) in [7, 11) is 0. The molecule has 0 bridgehead atoms. The molecule has 0 saturated heterocycles. The second-order valence-corrected chi connectivity index (χ2v) is 4.13. The van der Waals surface area contributed by atoms with Crippen LogP contribution in [0.1, 0.15) is 22.5 Å². The molecule has 98 valence electrons. The van der Waals surface area contributed by atoms with E-state index in [-0.39, 0.29) is 5.56 Å². The lowest BCUT2D eigenvalue weighted by molar-refractivity contribution is -0.137. The average molecular weight is 265 g/mol. The zero-order valence-corrected chi connectivity index (χ0v) is 10.3. The Morgan fingerprint density at radius 3 is 2.42 bits per heavy atom. The summed E-state index contributed by atoms with van der Waals surface area (Å²) in [5.41, 5.74) is 1.09. The number of aryl methyl sites for hydroxylation is 1. The highest BCUT2D eigenvalue weighted by Gasteiger charge is 2.31. The predicted molar refractivity (Wildman–Crippen MR) is 62.8 cm³/mol. The molecular formula is C13H10F3N3. The van der Waals surface area contributed by atoms with Crippen LogP contribution in [0.5, 0.6) is 0 Å². The molecule has 3 nitrogen and oxygen atoms in total. The number of hydrogen-bond acceptors (Lipinski definition) is 2. The molecule has 0 aliphatic heterocycles. The monoisotopic (exact) mass is 265 g/mol. The predicted octanol–water partition coefficient (Wildman–Crippen LogP) is 3.38. The molecule has 1 heterocycles. The van der Waals surface area contributed by atoms with Crippen LogP contribution in [0.3, 0.4) is 0 Å². The highest BCUT2D eigenvalue weighted by atomic mass is 19.4. The van der Waals surface area contributed by atoms with Gasteiger partial charge in [0, 0.05) is 5.69 Å². The number of rotatable bonds is 1. The molecule has 1 aromatic carbocycles. The molecule has 0 N–H and O–H groups in total. The van der Waals surface area contributed by atoms with Gasteiger partial charge in [-0.3, -0.25) is 0 Å². The van der Waals surface area contributed by atoms with Crippen LogP contribution >= 0.6 is 0 Å². The third-order valence-electron chi connectivity index (χ3n) is 2.96. The molecule has 6 heteroatoms. The summed E-state index contributed by atoms with van der Waals surface area (Å²) >= 11 is 0. The number of imidazole rings is 1. The van der Waals surface area contributed by atoms with Gasteiger partial charge < -0.3 is 4.57 Å². The van der Waals surface area contributed by atoms with E-state index in [1.54, 1.807) is 24.5 Å². The summed E-state index contributed by atoms with van der Waals surface area (Å²) in [5.74, 6) is 0. The zero-order chi connectivity index (χ0) is 14.2. The van der Waals surface area contributed by atoms with Gasteiger partial charge in [0.05, 0.1) is 28.8 Å². The molecule has 0 radical (unpaired) electrons. The second-order valence-electron chi connectivity index (χ2n) is 4.13. The van der Waals surface area contributed by atoms with E-state index in [0.717, 1.165) is 23.5 Å². The van der Waals surface area contributed by atoms with E-state index < -0.39 is 11.7 Å². The minimum atomic E-state index is -4.45. The Bertz CT molecular complexity index is 663. The zero-order valence-electron chi connectivity index (χ0n) is 10.3. The fourth-order valence-electron chi connectivity index (χ4n) is 1.75. The van der Waals surface area contributed by atoms with Crippen molar-refractivity contribution in [3.63, 3.8) is 0 Å². The Morgan fingerprint density at radius 2 is 1.95 bits per heavy atom. The summed E-state index contributed by atoms with van der Waals surface area (Å²) in [6.07, 6.45) is -2.96. The minimum absolute atomic E-state index is 0.0321. The van der Waals surface area contributed by atoms with E-state index in [1.807, 2.05) is 0 Å². The van der Waals surface area contributed by atoms with Crippen LogP contribution in [0.4, 0.5) is 13.2 Å². The number of nitriles is 1. The number of benzene rings is 1. The van der Waals surface area contributed by atoms with Gasteiger partial charge in [-0.2, -0.15) is 18.4 Å². The van der Waals surface area contributed by atoms with Crippen molar-refractivity contribution in [2.45, 2.75) is 20.0 Å². The molecular weight excluding hydrogens is 255 g/mol. The molecule has 0 spiro atoms. The van der Waals surface area contributed by atoms with Crippen molar-refractivity contribution >= 4 is 0 Å². The molecule has 0 saturated carbocycles. The van der Waals surface area contributed by atoms with Crippen LogP contribution in [0.2, 0.25) is 0 Å². The topological polar surface area (TPSA) is 41.6 Å². The van der Waals surface area contributed by atoms with E-state index in [0.29, 0.717) is 5.69 Å². The number of aromatic nitrogens is 2. The summed E-state index contributed by atoms with van der Waals surface area (Å²) < 4.78 is 39.4. The van der Waals surface area contributed by atoms with Gasteiger partial charge in [-0.1, -0.05) is 0 Å². The largest absolute Gasteiger partial charge is 0.416 e. The summed E-state index contributed by atoms with van der Waals surface area (Å²) in [5, 5.41) is 9.02. The van der Waals surface area contributed by atoms with Crippen LogP contribution in [0, 0.1) is 25.2 Å². The van der Waals surface area contributed by atoms with Crippen LogP contribution in [0.25, 0.3) is 5.69 Å². The van der Waals surface area contributed by atoms with Crippen molar-refractivity contribution in [1.29, 1.82) is 5.26 Å². The smallest absolute Gasteiger partial charge is 0.302 e. The minimum Gasteiger partial charge on any atom is -0.302 e. The summed E-state index contributed by atoms with van der Waals surface area (Å²) in [6.45, 7) is 3.59. The number of alkyl halides is 3. The quantitative estimate of drug-likeness (QED) is 0.793. The third-order valence-corrected chi connectivity index (χ3v) is 2.96. The van der Waals surface area contributed by atoms with Crippen molar-refractivity contribution in [2.24, 2.45) is 0 Å². The Labute approximate surface area is 107 Å². The van der Waals surface area contributed by atoms with Crippen LogP contribution < -0.4 is 0 Å². The lowest BCUT2D eigenvalue weighted by atomic mass is 10.1. The fraction of sp³-hybridized carbons (Fsp3) is 0.231. The third kappa shape index (κ3) is 2.32. The maximum atomic E-state index is 12.6. The molecule has 0 atom stereocenters. The van der Waals surface area contributed by atoms with E-state index in [2.05, 4.69) is 4.98 Å². The van der Waals surface area contributed by atoms with E-state index in [1.165, 1.54) is 12.4 Å². The lowest BCUT2D eigenvalue weighted by Gasteiger charge is -2.11. The second kappa shape index (κ2) is 4.43. The summed E-state index contributed by atoms with van der Waals surface area (Å²) in [4.78, 5) is 4.07. The van der Waals surface area contributed by atoms with E-state index >= 15 is 0 Å². The molecule has 1 aromatic heterocycles. The maximum absolute atomic E-state index is 12.6. The Balaban J connectivity index is 2.61.